The zero-order valence-electron chi connectivity index (χ0n) is 7.89. The molecule has 1 aromatic carbocycles. The maximum atomic E-state index is 12.9. The van der Waals surface area contributed by atoms with Gasteiger partial charge in [0.15, 0.2) is 11.6 Å². The highest BCUT2D eigenvalue weighted by molar-refractivity contribution is 5.86. The molecule has 0 radical (unpaired) electrons. The van der Waals surface area contributed by atoms with Gasteiger partial charge in [0.25, 0.3) is 0 Å². The Morgan fingerprint density at radius 3 is 2.62 bits per heavy atom. The zero-order valence-corrected chi connectivity index (χ0v) is 7.89. The number of carboxylic acids is 1. The van der Waals surface area contributed by atoms with Crippen molar-refractivity contribution in [1.82, 2.24) is 9.78 Å². The molecule has 2 rings (SSSR count). The van der Waals surface area contributed by atoms with Crippen molar-refractivity contribution in [2.45, 2.75) is 0 Å². The van der Waals surface area contributed by atoms with Crippen molar-refractivity contribution in [2.75, 3.05) is 0 Å². The predicted molar refractivity (Wildman–Crippen MR) is 50.4 cm³/mol. The first-order chi connectivity index (χ1) is 7.58. The van der Waals surface area contributed by atoms with Crippen LogP contribution in [0.3, 0.4) is 0 Å². The summed E-state index contributed by atoms with van der Waals surface area (Å²) in [4.78, 5) is 10.6. The lowest BCUT2D eigenvalue weighted by atomic mass is 10.3. The van der Waals surface area contributed by atoms with Crippen molar-refractivity contribution in [1.29, 1.82) is 0 Å². The molecule has 1 aromatic heterocycles. The van der Waals surface area contributed by atoms with Crippen LogP contribution in [0.2, 0.25) is 0 Å². The number of halogens is 2. The Hall–Kier alpha value is -2.24. The van der Waals surface area contributed by atoms with Gasteiger partial charge in [0.1, 0.15) is 0 Å². The van der Waals surface area contributed by atoms with Gasteiger partial charge in [0.2, 0.25) is 0 Å². The molecular weight excluding hydrogens is 218 g/mol. The molecule has 16 heavy (non-hydrogen) atoms. The van der Waals surface area contributed by atoms with Gasteiger partial charge >= 0.3 is 5.97 Å². The first-order valence-electron chi connectivity index (χ1n) is 4.31. The normalized spacial score (nSPS) is 10.4. The van der Waals surface area contributed by atoms with Crippen molar-refractivity contribution in [3.05, 3.63) is 47.8 Å². The molecule has 0 aliphatic heterocycles. The largest absolute Gasteiger partial charge is 0.478 e. The van der Waals surface area contributed by atoms with E-state index >= 15 is 0 Å². The van der Waals surface area contributed by atoms with E-state index in [0.29, 0.717) is 0 Å². The first-order valence-corrected chi connectivity index (χ1v) is 4.31. The van der Waals surface area contributed by atoms with Crippen molar-refractivity contribution in [3.8, 4) is 5.69 Å². The third-order valence-electron chi connectivity index (χ3n) is 2.00. The number of nitrogens with zero attached hydrogens (tertiary/aromatic N) is 2. The van der Waals surface area contributed by atoms with Crippen LogP contribution in [-0.4, -0.2) is 20.9 Å². The van der Waals surface area contributed by atoms with E-state index in [1.807, 2.05) is 0 Å². The van der Waals surface area contributed by atoms with Crippen LogP contribution in [0, 0.1) is 11.6 Å². The fourth-order valence-corrected chi connectivity index (χ4v) is 1.20. The van der Waals surface area contributed by atoms with E-state index in [1.165, 1.54) is 12.3 Å². The molecule has 0 aliphatic rings. The highest BCUT2D eigenvalue weighted by Crippen LogP contribution is 2.13. The van der Waals surface area contributed by atoms with Crippen LogP contribution >= 0.6 is 0 Å². The van der Waals surface area contributed by atoms with E-state index in [0.717, 1.165) is 23.0 Å². The van der Waals surface area contributed by atoms with Crippen LogP contribution in [0.4, 0.5) is 8.78 Å². The van der Waals surface area contributed by atoms with Crippen molar-refractivity contribution in [2.24, 2.45) is 0 Å². The second-order valence-corrected chi connectivity index (χ2v) is 3.08. The quantitative estimate of drug-likeness (QED) is 0.846. The minimum absolute atomic E-state index is 0.0234. The van der Waals surface area contributed by atoms with E-state index in [-0.39, 0.29) is 11.3 Å². The fraction of sp³-hybridized carbons (Fsp3) is 0. The van der Waals surface area contributed by atoms with E-state index in [2.05, 4.69) is 5.10 Å². The summed E-state index contributed by atoms with van der Waals surface area (Å²) in [7, 11) is 0. The van der Waals surface area contributed by atoms with E-state index < -0.39 is 17.6 Å². The Kier molecular flexibility index (Phi) is 2.40. The molecule has 1 N–H and O–H groups in total. The molecule has 0 aliphatic carbocycles. The lowest BCUT2D eigenvalue weighted by Gasteiger charge is -2.00. The summed E-state index contributed by atoms with van der Waals surface area (Å²) >= 11 is 0. The molecule has 82 valence electrons. The summed E-state index contributed by atoms with van der Waals surface area (Å²) < 4.78 is 26.7. The van der Waals surface area contributed by atoms with Crippen LogP contribution in [0.15, 0.2) is 30.6 Å². The molecule has 0 atom stereocenters. The molecule has 0 saturated heterocycles. The fourth-order valence-electron chi connectivity index (χ4n) is 1.20. The van der Waals surface area contributed by atoms with Gasteiger partial charge in [-0.15, -0.1) is 0 Å². The number of carbonyl (C=O) groups is 1. The smallest absolute Gasteiger partial charge is 0.338 e. The Bertz CT molecular complexity index is 552. The molecule has 0 bridgehead atoms. The maximum Gasteiger partial charge on any atom is 0.338 e. The predicted octanol–water partition coefficient (Wildman–Crippen LogP) is 1.85. The number of hydrogen-bond donors (Lipinski definition) is 1. The van der Waals surface area contributed by atoms with Gasteiger partial charge in [-0.25, -0.2) is 18.3 Å². The van der Waals surface area contributed by atoms with Crippen LogP contribution in [0.25, 0.3) is 5.69 Å². The lowest BCUT2D eigenvalue weighted by Crippen LogP contribution is -1.97. The second kappa shape index (κ2) is 3.73. The number of aromatic nitrogens is 2. The third kappa shape index (κ3) is 1.77. The number of carboxylic acid groups (broad SMARTS) is 1. The summed E-state index contributed by atoms with van der Waals surface area (Å²) in [6, 6.07) is 3.19. The van der Waals surface area contributed by atoms with Crippen molar-refractivity contribution in [3.63, 3.8) is 0 Å². The van der Waals surface area contributed by atoms with Gasteiger partial charge in [-0.2, -0.15) is 5.10 Å². The van der Waals surface area contributed by atoms with Crippen LogP contribution < -0.4 is 0 Å². The zero-order chi connectivity index (χ0) is 11.7. The molecule has 6 heteroatoms. The maximum absolute atomic E-state index is 12.9. The minimum Gasteiger partial charge on any atom is -0.478 e. The molecule has 2 aromatic rings. The molecule has 1 heterocycles. The summed E-state index contributed by atoms with van der Waals surface area (Å²) in [5.41, 5.74) is 0.233. The minimum atomic E-state index is -1.13. The van der Waals surface area contributed by atoms with Gasteiger partial charge in [0, 0.05) is 12.3 Å². The lowest BCUT2D eigenvalue weighted by molar-refractivity contribution is 0.0697. The Morgan fingerprint density at radius 1 is 1.31 bits per heavy atom. The Labute approximate surface area is 88.7 Å². The number of hydrogen-bond acceptors (Lipinski definition) is 2. The van der Waals surface area contributed by atoms with Crippen LogP contribution in [-0.2, 0) is 0 Å². The topological polar surface area (TPSA) is 55.1 Å². The molecule has 0 saturated carbocycles. The second-order valence-electron chi connectivity index (χ2n) is 3.08. The molecular formula is C10H6F2N2O2. The van der Waals surface area contributed by atoms with Gasteiger partial charge in [-0.05, 0) is 12.1 Å². The third-order valence-corrected chi connectivity index (χ3v) is 2.00. The monoisotopic (exact) mass is 224 g/mol. The molecule has 4 nitrogen and oxygen atoms in total. The van der Waals surface area contributed by atoms with E-state index in [9.17, 15) is 13.6 Å². The van der Waals surface area contributed by atoms with Crippen LogP contribution in [0.1, 0.15) is 10.4 Å². The van der Waals surface area contributed by atoms with Gasteiger partial charge in [-0.3, -0.25) is 0 Å². The highest BCUT2D eigenvalue weighted by atomic mass is 19.2. The van der Waals surface area contributed by atoms with E-state index in [1.54, 1.807) is 0 Å². The summed E-state index contributed by atoms with van der Waals surface area (Å²) in [5.74, 6) is -3.10. The average molecular weight is 224 g/mol. The summed E-state index contributed by atoms with van der Waals surface area (Å²) in [5, 5.41) is 12.4. The molecule has 0 spiro atoms. The van der Waals surface area contributed by atoms with Gasteiger partial charge < -0.3 is 5.11 Å². The molecule has 0 fully saturated rings. The first kappa shape index (κ1) is 10.3. The van der Waals surface area contributed by atoms with E-state index in [4.69, 9.17) is 5.11 Å². The standard InChI is InChI=1S/C10H6F2N2O2/c11-8-2-1-7(3-9(8)12)14-5-6(4-13-14)10(15)16/h1-5H,(H,15,16). The number of aromatic carboxylic acids is 1. The average Bonchev–Trinajstić information content (AvgIpc) is 2.71. The Morgan fingerprint density at radius 2 is 2.06 bits per heavy atom. The van der Waals surface area contributed by atoms with Gasteiger partial charge in [0.05, 0.1) is 17.4 Å². The molecule has 0 unspecified atom stereocenters. The Balaban J connectivity index is 2.42. The van der Waals surface area contributed by atoms with Crippen molar-refractivity contribution >= 4 is 5.97 Å². The SMILES string of the molecule is O=C(O)c1cnn(-c2ccc(F)c(F)c2)c1. The van der Waals surface area contributed by atoms with Crippen LogP contribution in [0.5, 0.6) is 0 Å². The summed E-state index contributed by atoms with van der Waals surface area (Å²) in [6.45, 7) is 0. The van der Waals surface area contributed by atoms with Gasteiger partial charge in [-0.1, -0.05) is 0 Å². The number of benzene rings is 1. The summed E-state index contributed by atoms with van der Waals surface area (Å²) in [6.07, 6.45) is 2.35. The van der Waals surface area contributed by atoms with Crippen molar-refractivity contribution < 1.29 is 18.7 Å². The molecule has 0 amide bonds. The number of rotatable bonds is 2. The highest BCUT2D eigenvalue weighted by Gasteiger charge is 2.08.